The van der Waals surface area contributed by atoms with Crippen molar-refractivity contribution >= 4 is 17.4 Å². The summed E-state index contributed by atoms with van der Waals surface area (Å²) >= 11 is 0. The first-order chi connectivity index (χ1) is 12.9. The summed E-state index contributed by atoms with van der Waals surface area (Å²) in [6.45, 7) is 3.11. The quantitative estimate of drug-likeness (QED) is 0.808. The second-order valence-corrected chi connectivity index (χ2v) is 7.91. The molecule has 1 aliphatic carbocycles. The number of pyridine rings is 1. The van der Waals surface area contributed by atoms with Crippen molar-refractivity contribution in [2.75, 3.05) is 31.7 Å². The summed E-state index contributed by atoms with van der Waals surface area (Å²) in [5.41, 5.74) is 8.31. The lowest BCUT2D eigenvalue weighted by Gasteiger charge is -2.16. The monoisotopic (exact) mass is 368 g/mol. The van der Waals surface area contributed by atoms with Crippen LogP contribution in [0.15, 0.2) is 24.4 Å². The number of benzene rings is 1. The van der Waals surface area contributed by atoms with E-state index < -0.39 is 11.7 Å². The lowest BCUT2D eigenvalue weighted by atomic mass is 9.92. The highest BCUT2D eigenvalue weighted by atomic mass is 19.1. The van der Waals surface area contributed by atoms with Crippen LogP contribution in [0.4, 0.5) is 15.9 Å². The molecule has 1 spiro atoms. The predicted molar refractivity (Wildman–Crippen MR) is 105 cm³/mol. The molecule has 1 aliphatic heterocycles. The van der Waals surface area contributed by atoms with Crippen molar-refractivity contribution in [3.05, 3.63) is 41.3 Å². The van der Waals surface area contributed by atoms with Crippen LogP contribution in [0, 0.1) is 11.7 Å². The lowest BCUT2D eigenvalue weighted by Crippen LogP contribution is -2.24. The Morgan fingerprint density at radius 2 is 2.22 bits per heavy atom. The van der Waals surface area contributed by atoms with E-state index in [1.807, 2.05) is 6.07 Å². The Kier molecular flexibility index (Phi) is 4.09. The molecule has 1 saturated carbocycles. The number of hydrogen-bond donors (Lipinski definition) is 2. The summed E-state index contributed by atoms with van der Waals surface area (Å²) in [5, 5.41) is 3.40. The van der Waals surface area contributed by atoms with Crippen molar-refractivity contribution in [1.29, 1.82) is 0 Å². The Morgan fingerprint density at radius 1 is 1.44 bits per heavy atom. The molecule has 2 atom stereocenters. The van der Waals surface area contributed by atoms with Gasteiger partial charge in [0.15, 0.2) is 0 Å². The maximum atomic E-state index is 15.2. The summed E-state index contributed by atoms with van der Waals surface area (Å²) in [6, 6.07) is 5.26. The van der Waals surface area contributed by atoms with Crippen molar-refractivity contribution in [2.24, 2.45) is 5.92 Å². The number of amides is 1. The molecule has 1 aromatic carbocycles. The first-order valence-corrected chi connectivity index (χ1v) is 9.43. The van der Waals surface area contributed by atoms with Crippen LogP contribution in [0.25, 0.3) is 11.1 Å². The molecule has 1 fully saturated rings. The molecule has 1 aromatic heterocycles. The van der Waals surface area contributed by atoms with E-state index in [-0.39, 0.29) is 16.7 Å². The minimum absolute atomic E-state index is 0.0823. The Morgan fingerprint density at radius 3 is 2.93 bits per heavy atom. The van der Waals surface area contributed by atoms with Crippen LogP contribution in [0.1, 0.15) is 42.1 Å². The van der Waals surface area contributed by atoms with E-state index >= 15 is 4.39 Å². The number of nitrogens with two attached hydrogens (primary N) is 1. The number of rotatable bonds is 4. The largest absolute Gasteiger partial charge is 0.398 e. The number of halogens is 1. The maximum absolute atomic E-state index is 15.2. The number of nitrogens with zero attached hydrogens (tertiary/aromatic N) is 2. The van der Waals surface area contributed by atoms with Crippen molar-refractivity contribution < 1.29 is 9.18 Å². The fourth-order valence-electron chi connectivity index (χ4n) is 4.38. The number of nitrogen functional groups attached to an aromatic ring is 1. The molecule has 0 bridgehead atoms. The van der Waals surface area contributed by atoms with Gasteiger partial charge < -0.3 is 16.0 Å². The van der Waals surface area contributed by atoms with Crippen molar-refractivity contribution in [3.63, 3.8) is 0 Å². The van der Waals surface area contributed by atoms with E-state index in [4.69, 9.17) is 5.73 Å². The van der Waals surface area contributed by atoms with Crippen LogP contribution in [0.2, 0.25) is 0 Å². The number of carbonyl (C=O) groups excluding carboxylic acids is 1. The number of hydrogen-bond acceptors (Lipinski definition) is 4. The third-order valence-corrected chi connectivity index (χ3v) is 5.97. The van der Waals surface area contributed by atoms with E-state index in [0.717, 1.165) is 25.2 Å². The van der Waals surface area contributed by atoms with Crippen LogP contribution in [-0.2, 0) is 5.41 Å². The molecular weight excluding hydrogens is 343 g/mol. The fourth-order valence-corrected chi connectivity index (χ4v) is 4.38. The summed E-state index contributed by atoms with van der Waals surface area (Å²) in [4.78, 5) is 18.2. The molecule has 6 heteroatoms. The highest BCUT2D eigenvalue weighted by Crippen LogP contribution is 2.60. The lowest BCUT2D eigenvalue weighted by molar-refractivity contribution is 0.0824. The van der Waals surface area contributed by atoms with Crippen LogP contribution < -0.4 is 11.1 Å². The topological polar surface area (TPSA) is 71.2 Å². The smallest absolute Gasteiger partial charge is 0.258 e. The summed E-state index contributed by atoms with van der Waals surface area (Å²) in [7, 11) is 3.17. The number of fused-ring (bicyclic) bond motifs is 2. The number of nitrogens with one attached hydrogen (secondary N) is 1. The van der Waals surface area contributed by atoms with Gasteiger partial charge in [0.2, 0.25) is 0 Å². The van der Waals surface area contributed by atoms with Crippen molar-refractivity contribution in [3.8, 4) is 11.1 Å². The number of aromatic nitrogens is 1. The Labute approximate surface area is 158 Å². The molecule has 142 valence electrons. The van der Waals surface area contributed by atoms with Gasteiger partial charge in [-0.3, -0.25) is 4.79 Å². The number of anilines is 2. The molecule has 0 radical (unpaired) electrons. The SMILES string of the molecule is CCCC1CC12CNc1ncc(-c3ccc(N)c(C(=O)N(C)C)c3F)cc12. The van der Waals surface area contributed by atoms with Gasteiger partial charge in [-0.25, -0.2) is 9.37 Å². The molecule has 4 rings (SSSR count). The van der Waals surface area contributed by atoms with Crippen LogP contribution in [0.5, 0.6) is 0 Å². The molecule has 1 amide bonds. The zero-order valence-corrected chi connectivity index (χ0v) is 16.0. The molecule has 2 unspecified atom stereocenters. The van der Waals surface area contributed by atoms with Gasteiger partial charge in [-0.2, -0.15) is 0 Å². The molecular formula is C21H25FN4O. The fraction of sp³-hybridized carbons (Fsp3) is 0.429. The zero-order valence-electron chi connectivity index (χ0n) is 16.0. The molecule has 5 nitrogen and oxygen atoms in total. The van der Waals surface area contributed by atoms with E-state index in [9.17, 15) is 4.79 Å². The maximum Gasteiger partial charge on any atom is 0.258 e. The van der Waals surface area contributed by atoms with Gasteiger partial charge in [0.05, 0.1) is 5.56 Å². The zero-order chi connectivity index (χ0) is 19.3. The summed E-state index contributed by atoms with van der Waals surface area (Å²) in [5.74, 6) is 0.536. The Balaban J connectivity index is 1.77. The van der Waals surface area contributed by atoms with Gasteiger partial charge >= 0.3 is 0 Å². The minimum Gasteiger partial charge on any atom is -0.398 e. The number of carbonyl (C=O) groups is 1. The third-order valence-electron chi connectivity index (χ3n) is 5.97. The van der Waals surface area contributed by atoms with Crippen molar-refractivity contribution in [1.82, 2.24) is 9.88 Å². The minimum atomic E-state index is -0.587. The van der Waals surface area contributed by atoms with E-state index in [1.54, 1.807) is 32.4 Å². The Hall–Kier alpha value is -2.63. The van der Waals surface area contributed by atoms with E-state index in [2.05, 4.69) is 17.2 Å². The van der Waals surface area contributed by atoms with Crippen molar-refractivity contribution in [2.45, 2.75) is 31.6 Å². The van der Waals surface area contributed by atoms with E-state index in [1.165, 1.54) is 16.9 Å². The standard InChI is InChI=1S/C21H25FN4O/c1-4-5-13-9-21(13)11-25-19-15(21)8-12(10-24-19)14-6-7-16(23)17(18(14)22)20(27)26(2)3/h6-8,10,13H,4-5,9,11,23H2,1-3H3,(H,24,25). The molecule has 2 heterocycles. The van der Waals surface area contributed by atoms with Crippen LogP contribution in [0.3, 0.4) is 0 Å². The molecule has 3 N–H and O–H groups in total. The molecule has 0 saturated heterocycles. The first-order valence-electron chi connectivity index (χ1n) is 9.43. The van der Waals surface area contributed by atoms with Crippen LogP contribution in [-0.4, -0.2) is 36.4 Å². The first kappa shape index (κ1) is 17.8. The van der Waals surface area contributed by atoms with Gasteiger partial charge in [0, 0.05) is 54.6 Å². The normalized spacial score (nSPS) is 22.4. The molecule has 2 aromatic rings. The highest BCUT2D eigenvalue weighted by molar-refractivity contribution is 6.00. The van der Waals surface area contributed by atoms with Crippen LogP contribution >= 0.6 is 0 Å². The van der Waals surface area contributed by atoms with Gasteiger partial charge in [-0.05, 0) is 37.0 Å². The molecule has 27 heavy (non-hydrogen) atoms. The average Bonchev–Trinajstić information content (AvgIpc) is 3.21. The third kappa shape index (κ3) is 2.66. The van der Waals surface area contributed by atoms with Gasteiger partial charge in [0.25, 0.3) is 5.91 Å². The summed E-state index contributed by atoms with van der Waals surface area (Å²) in [6.07, 6.45) is 5.18. The second kappa shape index (κ2) is 6.22. The second-order valence-electron chi connectivity index (χ2n) is 7.91. The molecule has 2 aliphatic rings. The van der Waals surface area contributed by atoms with Gasteiger partial charge in [-0.1, -0.05) is 13.3 Å². The Bertz CT molecular complexity index is 927. The van der Waals surface area contributed by atoms with E-state index in [0.29, 0.717) is 17.0 Å². The van der Waals surface area contributed by atoms with Gasteiger partial charge in [-0.15, -0.1) is 0 Å². The summed E-state index contributed by atoms with van der Waals surface area (Å²) < 4.78 is 15.2. The highest BCUT2D eigenvalue weighted by Gasteiger charge is 2.58. The predicted octanol–water partition coefficient (Wildman–Crippen LogP) is 3.66. The van der Waals surface area contributed by atoms with Gasteiger partial charge in [0.1, 0.15) is 11.6 Å². The average molecular weight is 368 g/mol.